The van der Waals surface area contributed by atoms with Crippen LogP contribution in [0.3, 0.4) is 0 Å². The average molecular weight is 444 g/mol. The normalized spacial score (nSPS) is 33.0. The molecule has 0 amide bonds. The van der Waals surface area contributed by atoms with Crippen molar-refractivity contribution in [3.8, 4) is 0 Å². The summed E-state index contributed by atoms with van der Waals surface area (Å²) < 4.78 is 65.4. The van der Waals surface area contributed by atoms with E-state index < -0.39 is 52.0 Å². The second-order valence-corrected chi connectivity index (χ2v) is 9.71. The zero-order valence-corrected chi connectivity index (χ0v) is 16.0. The molecule has 4 bridgehead atoms. The third-order valence-electron chi connectivity index (χ3n) is 6.03. The number of esters is 1. The Labute approximate surface area is 164 Å². The number of ketones is 1. The van der Waals surface area contributed by atoms with Crippen LogP contribution < -0.4 is 0 Å². The number of carbonyl (C=O) groups is 2. The summed E-state index contributed by atoms with van der Waals surface area (Å²) in [6.07, 6.45) is -4.25. The van der Waals surface area contributed by atoms with Crippen molar-refractivity contribution in [3.05, 3.63) is 0 Å². The number of aliphatic hydroxyl groups excluding tert-OH is 1. The summed E-state index contributed by atoms with van der Waals surface area (Å²) >= 11 is 0. The molecule has 0 aliphatic heterocycles. The van der Waals surface area contributed by atoms with Gasteiger partial charge in [-0.2, -0.15) is 17.2 Å². The third kappa shape index (κ3) is 3.91. The molecule has 13 heteroatoms. The van der Waals surface area contributed by atoms with Gasteiger partial charge in [0.2, 0.25) is 0 Å². The van der Waals surface area contributed by atoms with E-state index in [2.05, 4.69) is 4.74 Å². The van der Waals surface area contributed by atoms with Crippen LogP contribution in [-0.4, -0.2) is 70.6 Å². The molecule has 0 spiro atoms. The summed E-state index contributed by atoms with van der Waals surface area (Å²) in [6.45, 7) is -2.08. The summed E-state index contributed by atoms with van der Waals surface area (Å²) in [6, 6.07) is 0. The van der Waals surface area contributed by atoms with Gasteiger partial charge in [-0.05, 0) is 38.0 Å². The number of hydrogen-bond acceptors (Lipinski definition) is 9. The van der Waals surface area contributed by atoms with E-state index in [1.807, 2.05) is 0 Å². The maximum absolute atomic E-state index is 13.5. The van der Waals surface area contributed by atoms with Crippen LogP contribution in [0.2, 0.25) is 0 Å². The fraction of sp³-hybridized carbons (Fsp3) is 0.875. The first-order chi connectivity index (χ1) is 13.2. The molecular weight excluding hydrogens is 422 g/mol. The van der Waals surface area contributed by atoms with E-state index in [-0.39, 0.29) is 23.5 Å². The number of alkyl halides is 2. The molecule has 0 aromatic carbocycles. The van der Waals surface area contributed by atoms with Crippen LogP contribution >= 0.6 is 0 Å². The van der Waals surface area contributed by atoms with E-state index >= 15 is 0 Å². The fourth-order valence-corrected chi connectivity index (χ4v) is 5.17. The Kier molecular flexibility index (Phi) is 5.54. The Morgan fingerprint density at radius 3 is 2.24 bits per heavy atom. The van der Waals surface area contributed by atoms with Crippen LogP contribution in [0.4, 0.5) is 8.78 Å². The summed E-state index contributed by atoms with van der Waals surface area (Å²) in [5.41, 5.74) is -0.842. The van der Waals surface area contributed by atoms with E-state index in [1.54, 1.807) is 0 Å². The molecule has 4 N–H and O–H groups in total. The minimum atomic E-state index is -6.02. The van der Waals surface area contributed by atoms with Gasteiger partial charge >= 0.3 is 27.3 Å². The van der Waals surface area contributed by atoms with Crippen molar-refractivity contribution in [2.75, 3.05) is 13.2 Å². The zero-order chi connectivity index (χ0) is 21.8. The Hall–Kier alpha value is -1.25. The molecule has 4 fully saturated rings. The molecule has 0 radical (unpaired) electrons. The molecule has 0 saturated heterocycles. The second-order valence-electron chi connectivity index (χ2n) is 8.19. The first kappa shape index (κ1) is 22.4. The van der Waals surface area contributed by atoms with Gasteiger partial charge in [0.15, 0.2) is 0 Å². The Bertz CT molecular complexity index is 778. The molecule has 3 unspecified atom stereocenters. The highest BCUT2D eigenvalue weighted by Crippen LogP contribution is 2.59. The highest BCUT2D eigenvalue weighted by Gasteiger charge is 2.63. The molecule has 4 aliphatic carbocycles. The highest BCUT2D eigenvalue weighted by molar-refractivity contribution is 7.86. The van der Waals surface area contributed by atoms with Crippen molar-refractivity contribution in [2.24, 2.45) is 23.2 Å². The maximum atomic E-state index is 13.5. The minimum Gasteiger partial charge on any atom is -0.462 e. The highest BCUT2D eigenvalue weighted by atomic mass is 32.2. The van der Waals surface area contributed by atoms with Gasteiger partial charge in [-0.3, -0.25) is 14.1 Å². The lowest BCUT2D eigenvalue weighted by molar-refractivity contribution is -0.365. The molecule has 4 saturated carbocycles. The number of halogens is 2. The van der Waals surface area contributed by atoms with Crippen LogP contribution in [0.1, 0.15) is 32.1 Å². The van der Waals surface area contributed by atoms with Crippen molar-refractivity contribution in [1.29, 1.82) is 0 Å². The fourth-order valence-electron chi connectivity index (χ4n) is 4.82. The summed E-state index contributed by atoms with van der Waals surface area (Å²) in [7, 11) is -6.02. The van der Waals surface area contributed by atoms with Crippen molar-refractivity contribution < 1.29 is 56.1 Å². The number of ether oxygens (including phenoxy) is 2. The topological polar surface area (TPSA) is 168 Å². The van der Waals surface area contributed by atoms with Gasteiger partial charge in [0.25, 0.3) is 0 Å². The largest absolute Gasteiger partial charge is 0.462 e. The van der Waals surface area contributed by atoms with E-state index in [0.717, 1.165) is 12.8 Å². The lowest BCUT2D eigenvalue weighted by Gasteiger charge is -2.53. The summed E-state index contributed by atoms with van der Waals surface area (Å²) in [4.78, 5) is 24.7. The molecule has 0 aromatic rings. The average Bonchev–Trinajstić information content (AvgIpc) is 2.60. The predicted molar refractivity (Wildman–Crippen MR) is 87.6 cm³/mol. The van der Waals surface area contributed by atoms with E-state index in [0.29, 0.717) is 19.3 Å². The van der Waals surface area contributed by atoms with Crippen molar-refractivity contribution in [2.45, 2.75) is 49.4 Å². The predicted octanol–water partition coefficient (Wildman–Crippen LogP) is -0.578. The van der Waals surface area contributed by atoms with Crippen molar-refractivity contribution >= 4 is 21.9 Å². The minimum absolute atomic E-state index is 0.162. The Balaban J connectivity index is 1.53. The van der Waals surface area contributed by atoms with E-state index in [4.69, 9.17) is 19.5 Å². The van der Waals surface area contributed by atoms with Gasteiger partial charge in [-0.25, -0.2) is 0 Å². The number of rotatable bonds is 8. The summed E-state index contributed by atoms with van der Waals surface area (Å²) in [5.74, 6) is -0.624. The van der Waals surface area contributed by atoms with Gasteiger partial charge < -0.3 is 24.8 Å². The quantitative estimate of drug-likeness (QED) is 0.216. The van der Waals surface area contributed by atoms with Crippen molar-refractivity contribution in [3.63, 3.8) is 0 Å². The first-order valence-corrected chi connectivity index (χ1v) is 10.4. The van der Waals surface area contributed by atoms with Gasteiger partial charge in [0.05, 0.1) is 12.0 Å². The van der Waals surface area contributed by atoms with Crippen molar-refractivity contribution in [1.82, 2.24) is 0 Å². The first-order valence-electron chi connectivity index (χ1n) is 9.01. The van der Waals surface area contributed by atoms with Gasteiger partial charge in [-0.1, -0.05) is 0 Å². The van der Waals surface area contributed by atoms with Gasteiger partial charge in [0, 0.05) is 11.8 Å². The van der Waals surface area contributed by atoms with Crippen LogP contribution in [0, 0.1) is 23.2 Å². The lowest BCUT2D eigenvalue weighted by Crippen LogP contribution is -2.56. The van der Waals surface area contributed by atoms with Crippen LogP contribution in [0.15, 0.2) is 0 Å². The standard InChI is InChI=1S/C16H22F2O10S/c17-15(18,16(22,23)29(24,25)26)28-7-11(19)6-27-13(21)14-3-8-1-9(4-14)12(20)10(2-8)5-14/h8-11,19,22-23H,1-7H2,(H,24,25,26). The number of carbonyl (C=O) groups excluding carboxylic acids is 2. The number of aliphatic hydroxyl groups is 3. The Morgan fingerprint density at radius 2 is 1.72 bits per heavy atom. The van der Waals surface area contributed by atoms with E-state index in [9.17, 15) is 31.9 Å². The molecule has 3 atom stereocenters. The molecule has 29 heavy (non-hydrogen) atoms. The van der Waals surface area contributed by atoms with Crippen LogP contribution in [-0.2, 0) is 29.2 Å². The van der Waals surface area contributed by atoms with Crippen LogP contribution in [0.5, 0.6) is 0 Å². The third-order valence-corrected chi connectivity index (χ3v) is 6.99. The smallest absolute Gasteiger partial charge is 0.428 e. The molecule has 0 heterocycles. The SMILES string of the molecule is O=C1C2CC3CC1CC(C(=O)OCC(O)COC(F)(F)C(O)(O)S(=O)(=O)O)(C3)C2. The van der Waals surface area contributed by atoms with Crippen LogP contribution in [0.25, 0.3) is 0 Å². The summed E-state index contributed by atoms with van der Waals surface area (Å²) in [5, 5.41) is 22.5. The molecule has 4 rings (SSSR count). The molecule has 4 aliphatic rings. The lowest BCUT2D eigenvalue weighted by atomic mass is 9.49. The molecule has 166 valence electrons. The molecular formula is C16H22F2O10S. The van der Waals surface area contributed by atoms with Gasteiger partial charge in [0.1, 0.15) is 18.5 Å². The monoisotopic (exact) mass is 444 g/mol. The molecule has 10 nitrogen and oxygen atoms in total. The second kappa shape index (κ2) is 7.17. The maximum Gasteiger partial charge on any atom is 0.428 e. The number of hydrogen-bond donors (Lipinski definition) is 4. The Morgan fingerprint density at radius 1 is 1.17 bits per heavy atom. The van der Waals surface area contributed by atoms with E-state index in [1.165, 1.54) is 0 Å². The zero-order valence-electron chi connectivity index (χ0n) is 15.2. The number of Topliss-reactive ketones (excluding diaryl/α,β-unsaturated/α-hetero) is 1. The molecule has 0 aromatic heterocycles. The van der Waals surface area contributed by atoms with Gasteiger partial charge in [-0.15, -0.1) is 0 Å².